The Hall–Kier alpha value is -9.74. The quantitative estimate of drug-likeness (QED) is 0.00872. The highest BCUT2D eigenvalue weighted by Crippen LogP contribution is 2.35. The molecule has 36 heteroatoms. The average Bonchev–Trinajstić information content (AvgIpc) is 1.62. The van der Waals surface area contributed by atoms with Crippen LogP contribution in [0.1, 0.15) is 164 Å². The normalized spacial score (nSPS) is 16.9. The minimum absolute atomic E-state index is 0.0301. The van der Waals surface area contributed by atoms with Gasteiger partial charge in [0.2, 0.25) is 0 Å². The summed E-state index contributed by atoms with van der Waals surface area (Å²) in [7, 11) is 5.43. The smallest absolute Gasteiger partial charge is 0.410 e. The van der Waals surface area contributed by atoms with Crippen LogP contribution in [0.2, 0.25) is 0 Å². The Morgan fingerprint density at radius 3 is 1.10 bits per heavy atom. The molecule has 4 fully saturated rings. The number of nitrogens with one attached hydrogen (secondary N) is 3. The van der Waals surface area contributed by atoms with Gasteiger partial charge in [-0.3, -0.25) is 4.90 Å². The molecule has 2 unspecified atom stereocenters. The lowest BCUT2D eigenvalue weighted by atomic mass is 10.0. The number of epoxide rings is 1. The molecular weight excluding hydrogens is 2020 g/mol. The molecule has 4 aliphatic heterocycles. The van der Waals surface area contributed by atoms with Crippen molar-refractivity contribution in [3.63, 3.8) is 0 Å². The van der Waals surface area contributed by atoms with E-state index < -0.39 is 119 Å². The first-order chi connectivity index (χ1) is 66.5. The Bertz CT molecular complexity index is 5380. The van der Waals surface area contributed by atoms with Crippen LogP contribution >= 0.6 is 47.8 Å². The van der Waals surface area contributed by atoms with Crippen molar-refractivity contribution in [3.05, 3.63) is 289 Å². The van der Waals surface area contributed by atoms with Crippen molar-refractivity contribution in [2.75, 3.05) is 47.2 Å². The molecule has 13 rings (SSSR count). The van der Waals surface area contributed by atoms with Crippen molar-refractivity contribution >= 4 is 84.0 Å². The third-order valence-corrected chi connectivity index (χ3v) is 20.9. The number of phenolic OH excluding ortho intramolecular Hbond substituents is 1. The van der Waals surface area contributed by atoms with Gasteiger partial charge in [0, 0.05) is 29.7 Å². The second-order valence-electron chi connectivity index (χ2n) is 37.9. The molecule has 10 atom stereocenters. The summed E-state index contributed by atoms with van der Waals surface area (Å²) in [5.74, 6) is -3.67. The molecule has 9 aromatic rings. The average molecular weight is 2160 g/mol. The number of ether oxygens (including phenoxy) is 15. The Balaban J connectivity index is 0.000000263. The first-order valence-corrected chi connectivity index (χ1v) is 50.5. The zero-order valence-corrected chi connectivity index (χ0v) is 89.5. The van der Waals surface area contributed by atoms with Crippen molar-refractivity contribution < 1.29 is 128 Å². The number of nitrogens with zero attached hydrogens (tertiary/aromatic N) is 1. The van der Waals surface area contributed by atoms with Gasteiger partial charge < -0.3 is 102 Å². The monoisotopic (exact) mass is 2150 g/mol. The molecule has 0 spiro atoms. The minimum atomic E-state index is -1.22. The van der Waals surface area contributed by atoms with E-state index in [1.165, 1.54) is 42.5 Å². The number of benzene rings is 9. The number of rotatable bonds is 28. The van der Waals surface area contributed by atoms with Gasteiger partial charge >= 0.3 is 25.7 Å². The van der Waals surface area contributed by atoms with Gasteiger partial charge in [-0.2, -0.15) is 0 Å². The molecule has 4 aliphatic rings. The van der Waals surface area contributed by atoms with E-state index in [9.17, 15) is 51.3 Å². The zero-order valence-electron chi connectivity index (χ0n) is 84.4. The maximum absolute atomic E-state index is 14.7. The van der Waals surface area contributed by atoms with Gasteiger partial charge in [-0.05, 0) is 256 Å². The fourth-order valence-electron chi connectivity index (χ4n) is 12.7. The fraction of sp³-hybridized carbons (Fsp3) is 0.448. The van der Waals surface area contributed by atoms with Gasteiger partial charge in [-0.25, -0.2) is 41.1 Å². The summed E-state index contributed by atoms with van der Waals surface area (Å²) < 4.78 is 158. The first kappa shape index (κ1) is 118. The molecule has 4 heterocycles. The number of hydrogen-bond acceptors (Lipinski definition) is 23. The molecule has 0 radical (unpaired) electrons. The van der Waals surface area contributed by atoms with E-state index in [4.69, 9.17) is 77.4 Å². The highest BCUT2D eigenvalue weighted by Gasteiger charge is 2.51. The number of alkyl carbamates (subject to hydrolysis) is 3. The standard InChI is InChI=1S/C25H32FNO5.C22H28FNO5.C22H26FNO4.C13H10BrFO.C12H21NO4.C6H4BrFO.C5H12O2.H2P2S/c1-24(2,3)32-23(28)27-20(22-16-30-25(4,5)31-22)14-18-11-12-21(19(26)13-18)29-15-17-9-7-6-8-10-17;1-22(2,3)29-21(27)24-18(19(26)13-25)12-16-9-10-20(17(23)11-16)28-14-15-7-5-4-6-8-15;1-22(2,3)28-21(25)24-18(20-14-27-20)12-16-9-10-19(17(23)11-16)26-13-15-7-5-4-6-8-15;14-11-6-7-13(12(15)8-11)16-9-10-4-2-1-3-5-10;1-11(2,3)17-10(14)13-6-8(13)9-7-15-12(4,5)16-9;7-4-1-2-6(9)5(8)3-4;1-5(2,6-3)7-4;1-2-3/h6-13,20,22H,14-16H2,1-5H3,(H,27,28);4-11,18-19,25-26H,12-14H2,1-3H3,(H,24,27);4-11,18,20H,12-14H2,1-3H3,(H,24,25);1-8H,9H2;8-9H,6-7H2,1-5H3;1-3,9H;1-4H3;1H2/p+1/t20-,22+;18-,19+;18-,20+;;8-,9-,13?;;;/m000.1.../s1/i/hT. The van der Waals surface area contributed by atoms with E-state index in [0.29, 0.717) is 72.5 Å². The van der Waals surface area contributed by atoms with Crippen LogP contribution in [-0.2, 0) is 110 Å². The highest BCUT2D eigenvalue weighted by molar-refractivity contribution is 9.10. The molecule has 141 heavy (non-hydrogen) atoms. The van der Waals surface area contributed by atoms with Crippen LogP contribution in [0.25, 0.3) is 0 Å². The van der Waals surface area contributed by atoms with Crippen molar-refractivity contribution in [1.82, 2.24) is 20.9 Å². The third kappa shape index (κ3) is 48.5. The molecule has 0 aromatic heterocycles. The lowest BCUT2D eigenvalue weighted by Crippen LogP contribution is -2.48. The van der Waals surface area contributed by atoms with Crippen LogP contribution in [0, 0.1) is 29.1 Å². The molecule has 26 nitrogen and oxygen atoms in total. The maximum atomic E-state index is 14.7. The molecule has 772 valence electrons. The molecule has 0 bridgehead atoms. The van der Waals surface area contributed by atoms with Gasteiger partial charge in [0.25, 0.3) is 0 Å². The van der Waals surface area contributed by atoms with E-state index in [0.717, 1.165) is 27.8 Å². The van der Waals surface area contributed by atoms with Gasteiger partial charge in [0.15, 0.2) is 94.0 Å². The number of carbonyl (C=O) groups excluding carboxylic acids is 4. The minimum Gasteiger partial charge on any atom is -0.505 e. The second kappa shape index (κ2) is 57.7. The topological polar surface area (TPSA) is 310 Å². The van der Waals surface area contributed by atoms with Crippen molar-refractivity contribution in [2.24, 2.45) is 0 Å². The van der Waals surface area contributed by atoms with E-state index in [1.807, 2.05) is 184 Å². The lowest BCUT2D eigenvalue weighted by molar-refractivity contribution is -0.178. The Kier molecular flexibility index (Phi) is 48.4. The van der Waals surface area contributed by atoms with Gasteiger partial charge in [0.1, 0.15) is 67.1 Å². The van der Waals surface area contributed by atoms with E-state index >= 15 is 0 Å². The molecule has 4 saturated heterocycles. The summed E-state index contributed by atoms with van der Waals surface area (Å²) in [4.78, 5) is 49.9. The van der Waals surface area contributed by atoms with Crippen LogP contribution in [-0.4, -0.2) is 181 Å². The van der Waals surface area contributed by atoms with Gasteiger partial charge in [-0.1, -0.05) is 171 Å². The van der Waals surface area contributed by atoms with Crippen LogP contribution in [0.4, 0.5) is 41.1 Å². The Morgan fingerprint density at radius 2 is 0.801 bits per heavy atom. The second-order valence-corrected chi connectivity index (χ2v) is 42.5. The van der Waals surface area contributed by atoms with E-state index in [2.05, 4.69) is 68.5 Å². The number of hydrogen-bond donors (Lipinski definition) is 6. The first-order valence-electron chi connectivity index (χ1n) is 45.9. The number of aliphatic hydroxyl groups is 2. The lowest BCUT2D eigenvalue weighted by Gasteiger charge is -2.27. The summed E-state index contributed by atoms with van der Waals surface area (Å²) in [6.07, 6.45) is -2.88. The van der Waals surface area contributed by atoms with E-state index in [1.54, 1.807) is 130 Å². The van der Waals surface area contributed by atoms with E-state index in [-0.39, 0.29) is 84.6 Å². The molecule has 9 aromatic carbocycles. The SMILES string of the molecule is CC(C)(C)OC(=O)N1C[C@@H]1[C@H]1COC(C)(C)O1.CC(C)(C)OC(=O)N[C@@H](Cc1ccc(OCc2ccccc2)c(F)c1)[C@H](O)CO.CC(C)(C)OC(=O)N[C@@H](Cc1ccc(OCc2ccccc2)c(F)c1)[C@H]1CO1.CC(C)(C)OC(=O)N[C@@H](Cc1ccc(OCc2ccccc2)c(F)c1)[C@H]1COC(C)(C)O1.COC(C)(C)OC.Fc1cc(Br)ccc1OCc1ccccc1.Oc1ccc(Br)cc1F.[3H][P+](P)=S. The number of methoxy groups -OCH3 is 2. The van der Waals surface area contributed by atoms with Crippen LogP contribution in [0.3, 0.4) is 0 Å². The third-order valence-electron chi connectivity index (χ3n) is 19.9. The molecule has 6 N–H and O–H groups in total. The molecule has 0 aliphatic carbocycles. The van der Waals surface area contributed by atoms with Crippen molar-refractivity contribution in [3.8, 4) is 28.7 Å². The summed E-state index contributed by atoms with van der Waals surface area (Å²) in [6, 6.07) is 59.7. The van der Waals surface area contributed by atoms with Crippen LogP contribution < -0.4 is 34.9 Å². The number of aromatic hydroxyl groups is 1. The molecular formula is C105H136Br2F5N4O22P2S+. The van der Waals surface area contributed by atoms with Crippen LogP contribution in [0.5, 0.6) is 28.7 Å². The predicted octanol–water partition coefficient (Wildman–Crippen LogP) is 22.6. The number of amides is 4. The maximum Gasteiger partial charge on any atom is 0.410 e. The summed E-state index contributed by atoms with van der Waals surface area (Å²) in [6.45, 7) is 34.5. The predicted molar refractivity (Wildman–Crippen MR) is 546 cm³/mol. The number of carbonyl (C=O) groups is 4. The number of aliphatic hydroxyl groups excluding tert-OH is 2. The van der Waals surface area contributed by atoms with Crippen LogP contribution in [0.15, 0.2) is 221 Å². The molecule has 0 saturated carbocycles. The van der Waals surface area contributed by atoms with Crippen molar-refractivity contribution in [1.29, 1.82) is 1.28 Å². The zero-order chi connectivity index (χ0) is 106. The Labute approximate surface area is 852 Å². The summed E-state index contributed by atoms with van der Waals surface area (Å²) in [5.41, 5.74) is 3.48. The van der Waals surface area contributed by atoms with Crippen molar-refractivity contribution in [2.45, 2.75) is 259 Å². The van der Waals surface area contributed by atoms with Gasteiger partial charge in [-0.15, -0.1) is 0 Å². The number of phenols is 1. The largest absolute Gasteiger partial charge is 0.505 e. The summed E-state index contributed by atoms with van der Waals surface area (Å²) >= 11 is 10.6. The Morgan fingerprint density at radius 1 is 0.475 bits per heavy atom. The van der Waals surface area contributed by atoms with Gasteiger partial charge in [0.05, 0.1) is 65.6 Å². The number of halogens is 7. The fourth-order valence-corrected chi connectivity index (χ4v) is 13.3. The molecule has 4 amide bonds. The highest BCUT2D eigenvalue weighted by atomic mass is 79.9. The summed E-state index contributed by atoms with van der Waals surface area (Å²) in [5, 5.41) is 36.2.